The number of carbonyl (C=O) groups excluding carboxylic acids is 1. The zero-order valence-electron chi connectivity index (χ0n) is 22.3. The second kappa shape index (κ2) is 12.1. The smallest absolute Gasteiger partial charge is 0.270 e. The number of nitrogens with zero attached hydrogens (tertiary/aromatic N) is 4. The first-order valence-corrected chi connectivity index (χ1v) is 14.7. The molecule has 9 heteroatoms. The summed E-state index contributed by atoms with van der Waals surface area (Å²) in [4.78, 5) is 31.4. The summed E-state index contributed by atoms with van der Waals surface area (Å²) in [5, 5.41) is 10.5. The van der Waals surface area contributed by atoms with Crippen molar-refractivity contribution in [1.29, 1.82) is 5.26 Å². The van der Waals surface area contributed by atoms with Gasteiger partial charge < -0.3 is 4.90 Å². The Labute approximate surface area is 239 Å². The van der Waals surface area contributed by atoms with Gasteiger partial charge >= 0.3 is 0 Å². The summed E-state index contributed by atoms with van der Waals surface area (Å²) in [7, 11) is 0. The Morgan fingerprint density at radius 3 is 2.53 bits per heavy atom. The molecule has 0 radical (unpaired) electrons. The van der Waals surface area contributed by atoms with E-state index in [2.05, 4.69) is 31.7 Å². The summed E-state index contributed by atoms with van der Waals surface area (Å²) in [6.45, 7) is 10.8. The van der Waals surface area contributed by atoms with Crippen LogP contribution in [0.5, 0.6) is 0 Å². The van der Waals surface area contributed by atoms with E-state index in [0.717, 1.165) is 49.3 Å². The average Bonchev–Trinajstić information content (AvgIpc) is 3.13. The van der Waals surface area contributed by atoms with Gasteiger partial charge in [-0.05, 0) is 54.9 Å². The van der Waals surface area contributed by atoms with Crippen molar-refractivity contribution < 1.29 is 4.79 Å². The van der Waals surface area contributed by atoms with E-state index in [9.17, 15) is 14.9 Å². The summed E-state index contributed by atoms with van der Waals surface area (Å²) >= 11 is 13.2. The maximum Gasteiger partial charge on any atom is 0.270 e. The second-order valence-electron chi connectivity index (χ2n) is 10.4. The number of hydrogen-bond acceptors (Lipinski definition) is 6. The molecule has 0 aliphatic carbocycles. The summed E-state index contributed by atoms with van der Waals surface area (Å²) < 4.78 is 2.22. The van der Waals surface area contributed by atoms with Crippen molar-refractivity contribution in [2.24, 2.45) is 11.8 Å². The van der Waals surface area contributed by atoms with Gasteiger partial charge in [-0.2, -0.15) is 5.26 Å². The van der Waals surface area contributed by atoms with E-state index >= 15 is 0 Å². The zero-order valence-corrected chi connectivity index (χ0v) is 24.7. The molecule has 1 aromatic heterocycles. The number of aromatic nitrogens is 1. The van der Waals surface area contributed by atoms with Crippen LogP contribution in [0, 0.1) is 30.1 Å². The maximum atomic E-state index is 13.6. The fourth-order valence-electron chi connectivity index (χ4n) is 5.41. The van der Waals surface area contributed by atoms with Crippen LogP contribution in [-0.4, -0.2) is 32.8 Å². The van der Waals surface area contributed by atoms with E-state index in [-0.39, 0.29) is 23.6 Å². The van der Waals surface area contributed by atoms with Crippen molar-refractivity contribution in [3.05, 3.63) is 66.8 Å². The Kier molecular flexibility index (Phi) is 9.02. The van der Waals surface area contributed by atoms with E-state index in [1.807, 2.05) is 24.3 Å². The minimum absolute atomic E-state index is 0.126. The third kappa shape index (κ3) is 5.70. The van der Waals surface area contributed by atoms with Crippen molar-refractivity contribution in [1.82, 2.24) is 9.47 Å². The largest absolute Gasteiger partial charge is 0.357 e. The number of rotatable bonds is 7. The third-order valence-electron chi connectivity index (χ3n) is 7.19. The van der Waals surface area contributed by atoms with Crippen LogP contribution in [0.4, 0.5) is 5.82 Å². The first kappa shape index (κ1) is 28.4. The van der Waals surface area contributed by atoms with Gasteiger partial charge in [0.25, 0.3) is 11.5 Å². The Morgan fingerprint density at radius 1 is 1.21 bits per heavy atom. The number of pyridine rings is 1. The molecule has 0 spiro atoms. The number of piperidine rings is 1. The molecule has 4 rings (SSSR count). The topological polar surface area (TPSA) is 69.3 Å². The Balaban J connectivity index is 1.85. The van der Waals surface area contributed by atoms with Gasteiger partial charge in [-0.25, -0.2) is 0 Å². The Hall–Kier alpha value is -2.60. The lowest BCUT2D eigenvalue weighted by Crippen LogP contribution is -2.43. The predicted octanol–water partition coefficient (Wildman–Crippen LogP) is 6.37. The number of anilines is 1. The van der Waals surface area contributed by atoms with Crippen molar-refractivity contribution in [2.75, 3.05) is 18.0 Å². The van der Waals surface area contributed by atoms with Crippen molar-refractivity contribution in [3.63, 3.8) is 0 Å². The number of hydrogen-bond donors (Lipinski definition) is 0. The predicted molar refractivity (Wildman–Crippen MR) is 160 cm³/mol. The van der Waals surface area contributed by atoms with Crippen LogP contribution in [0.3, 0.4) is 0 Å². The third-order valence-corrected chi connectivity index (χ3v) is 8.93. The van der Waals surface area contributed by atoms with Gasteiger partial charge in [-0.1, -0.05) is 81.0 Å². The van der Waals surface area contributed by atoms with Crippen molar-refractivity contribution in [2.45, 2.75) is 60.0 Å². The molecule has 0 N–H and O–H groups in total. The Bertz CT molecular complexity index is 1380. The van der Waals surface area contributed by atoms with Gasteiger partial charge in [-0.3, -0.25) is 19.1 Å². The molecule has 2 aromatic rings. The molecule has 2 unspecified atom stereocenters. The molecule has 2 saturated heterocycles. The van der Waals surface area contributed by atoms with Crippen LogP contribution in [-0.2, 0) is 17.9 Å². The van der Waals surface area contributed by atoms with Crippen molar-refractivity contribution >= 4 is 57.7 Å². The number of carbonyl (C=O) groups is 1. The van der Waals surface area contributed by atoms with E-state index in [1.54, 1.807) is 22.5 Å². The van der Waals surface area contributed by atoms with Gasteiger partial charge in [0, 0.05) is 30.2 Å². The molecule has 200 valence electrons. The van der Waals surface area contributed by atoms with Gasteiger partial charge in [0.2, 0.25) is 0 Å². The first-order valence-electron chi connectivity index (χ1n) is 13.1. The highest BCUT2D eigenvalue weighted by Gasteiger charge is 2.34. The molecular weight excluding hydrogens is 536 g/mol. The van der Waals surface area contributed by atoms with Crippen molar-refractivity contribution in [3.8, 4) is 6.07 Å². The molecule has 3 heterocycles. The van der Waals surface area contributed by atoms with Crippen LogP contribution < -0.4 is 10.5 Å². The zero-order chi connectivity index (χ0) is 27.6. The van der Waals surface area contributed by atoms with E-state index in [0.29, 0.717) is 38.2 Å². The van der Waals surface area contributed by atoms with Crippen LogP contribution in [0.15, 0.2) is 34.0 Å². The fraction of sp³-hybridized carbons (Fsp3) is 0.448. The summed E-state index contributed by atoms with van der Waals surface area (Å²) in [5.41, 5.74) is 2.03. The normalized spacial score (nSPS) is 20.9. The molecule has 0 saturated carbocycles. The minimum atomic E-state index is -0.261. The molecule has 1 aromatic carbocycles. The number of nitriles is 1. The maximum absolute atomic E-state index is 13.6. The van der Waals surface area contributed by atoms with E-state index in [1.165, 1.54) is 11.8 Å². The highest BCUT2D eigenvalue weighted by molar-refractivity contribution is 8.26. The number of thiocarbonyl (C=S) groups is 1. The molecule has 2 atom stereocenters. The van der Waals surface area contributed by atoms with Crippen LogP contribution in [0.25, 0.3) is 6.08 Å². The quantitative estimate of drug-likeness (QED) is 0.286. The number of thioether (sulfide) groups is 1. The van der Waals surface area contributed by atoms with Gasteiger partial charge in [0.05, 0.1) is 11.4 Å². The van der Waals surface area contributed by atoms with Crippen LogP contribution >= 0.6 is 35.6 Å². The standard InChI is InChI=1S/C29H33ClN4O2S2/c1-5-6-11-33-26(32-15-18(2)12-19(3)16-32)22(20(4)23(14-31)27(33)35)13-25-28(36)34(29(37)38-25)17-21-9-7-8-10-24(21)30/h7-10,13,18-19H,5-6,11-12,15-17H2,1-4H3. The molecule has 2 fully saturated rings. The lowest BCUT2D eigenvalue weighted by atomic mass is 9.91. The minimum Gasteiger partial charge on any atom is -0.357 e. The lowest BCUT2D eigenvalue weighted by molar-refractivity contribution is -0.122. The summed E-state index contributed by atoms with van der Waals surface area (Å²) in [6, 6.07) is 9.55. The number of unbranched alkanes of at least 4 members (excludes halogenated alkanes) is 1. The summed E-state index contributed by atoms with van der Waals surface area (Å²) in [6.07, 6.45) is 4.70. The van der Waals surface area contributed by atoms with E-state index in [4.69, 9.17) is 23.8 Å². The van der Waals surface area contributed by atoms with Gasteiger partial charge in [0.15, 0.2) is 0 Å². The molecule has 38 heavy (non-hydrogen) atoms. The number of benzene rings is 1. The molecule has 0 bridgehead atoms. The Morgan fingerprint density at radius 2 is 1.89 bits per heavy atom. The molecule has 2 aliphatic heterocycles. The highest BCUT2D eigenvalue weighted by Crippen LogP contribution is 2.38. The molecule has 1 amide bonds. The van der Waals surface area contributed by atoms with Crippen LogP contribution in [0.2, 0.25) is 5.02 Å². The van der Waals surface area contributed by atoms with Gasteiger partial charge in [0.1, 0.15) is 21.8 Å². The fourth-order valence-corrected chi connectivity index (χ4v) is 6.84. The van der Waals surface area contributed by atoms with E-state index < -0.39 is 0 Å². The second-order valence-corrected chi connectivity index (χ2v) is 12.5. The first-order chi connectivity index (χ1) is 18.2. The SMILES string of the molecule is CCCCn1c(N2CC(C)CC(C)C2)c(C=C2SC(=S)N(Cc3ccccc3Cl)C2=O)c(C)c(C#N)c1=O. The van der Waals surface area contributed by atoms with Crippen LogP contribution in [0.1, 0.15) is 62.3 Å². The summed E-state index contributed by atoms with van der Waals surface area (Å²) in [5.74, 6) is 1.53. The number of halogens is 1. The lowest BCUT2D eigenvalue weighted by Gasteiger charge is -2.39. The monoisotopic (exact) mass is 568 g/mol. The molecular formula is C29H33ClN4O2S2. The molecule has 6 nitrogen and oxygen atoms in total. The highest BCUT2D eigenvalue weighted by atomic mass is 35.5. The average molecular weight is 569 g/mol. The number of amides is 1. The molecule has 2 aliphatic rings. The van der Waals surface area contributed by atoms with Gasteiger partial charge in [-0.15, -0.1) is 0 Å².